The number of amides is 1. The van der Waals surface area contributed by atoms with Crippen LogP contribution < -0.4 is 19.9 Å². The third-order valence-electron chi connectivity index (χ3n) is 7.99. The van der Waals surface area contributed by atoms with Gasteiger partial charge in [-0.05, 0) is 62.2 Å². The van der Waals surface area contributed by atoms with Gasteiger partial charge in [0.05, 0.1) is 24.5 Å². The number of aromatic hydroxyl groups is 1. The van der Waals surface area contributed by atoms with Gasteiger partial charge < -0.3 is 29.7 Å². The number of ether oxygens (including phenoxy) is 2. The highest BCUT2D eigenvalue weighted by atomic mass is 19.1. The molecule has 0 saturated carbocycles. The van der Waals surface area contributed by atoms with Gasteiger partial charge in [0.15, 0.2) is 0 Å². The third kappa shape index (κ3) is 4.76. The Morgan fingerprint density at radius 1 is 1.21 bits per heavy atom. The van der Waals surface area contributed by atoms with Crippen LogP contribution in [0.25, 0.3) is 10.8 Å². The number of rotatable bonds is 6. The average molecular weight is 536 g/mol. The summed E-state index contributed by atoms with van der Waals surface area (Å²) in [6, 6.07) is 6.39. The molecule has 0 spiro atoms. The molecular formula is C29H34FN5O4. The van der Waals surface area contributed by atoms with Crippen molar-refractivity contribution in [2.24, 2.45) is 0 Å². The van der Waals surface area contributed by atoms with Crippen molar-refractivity contribution in [2.45, 2.75) is 51.6 Å². The molecule has 0 radical (unpaired) electrons. The molecule has 0 unspecified atom stereocenters. The summed E-state index contributed by atoms with van der Waals surface area (Å²) in [5.74, 6) is -0.0775. The zero-order valence-electron chi connectivity index (χ0n) is 22.4. The van der Waals surface area contributed by atoms with E-state index in [0.717, 1.165) is 25.8 Å². The fourth-order valence-corrected chi connectivity index (χ4v) is 5.95. The van der Waals surface area contributed by atoms with E-state index in [1.54, 1.807) is 17.0 Å². The van der Waals surface area contributed by atoms with Gasteiger partial charge in [0.25, 0.3) is 5.91 Å². The first kappa shape index (κ1) is 25.8. The van der Waals surface area contributed by atoms with Crippen LogP contribution in [0.15, 0.2) is 24.3 Å². The molecule has 2 fully saturated rings. The maximum Gasteiger partial charge on any atom is 0.318 e. The highest BCUT2D eigenvalue weighted by Gasteiger charge is 2.38. The molecule has 1 atom stereocenters. The lowest BCUT2D eigenvalue weighted by molar-refractivity contribution is 0.0996. The van der Waals surface area contributed by atoms with E-state index in [0.29, 0.717) is 78.4 Å². The van der Waals surface area contributed by atoms with Crippen molar-refractivity contribution in [1.82, 2.24) is 15.3 Å². The fourth-order valence-electron chi connectivity index (χ4n) is 5.95. The van der Waals surface area contributed by atoms with Crippen molar-refractivity contribution in [1.29, 1.82) is 0 Å². The number of phenolic OH excluding ortho intramolecular Hbond substituents is 1. The largest absolute Gasteiger partial charge is 0.508 e. The minimum atomic E-state index is -0.337. The highest BCUT2D eigenvalue weighted by molar-refractivity contribution is 6.16. The van der Waals surface area contributed by atoms with E-state index in [2.05, 4.69) is 17.1 Å². The van der Waals surface area contributed by atoms with Crippen LogP contribution in [0.1, 0.15) is 54.7 Å². The summed E-state index contributed by atoms with van der Waals surface area (Å²) in [7, 11) is 0. The van der Waals surface area contributed by atoms with Crippen molar-refractivity contribution in [3.63, 3.8) is 0 Å². The molecule has 1 amide bonds. The van der Waals surface area contributed by atoms with Crippen LogP contribution in [0.2, 0.25) is 0 Å². The minimum absolute atomic E-state index is 0.00669. The van der Waals surface area contributed by atoms with Crippen LogP contribution in [0.5, 0.6) is 11.8 Å². The normalized spacial score (nSPS) is 21.5. The molecule has 3 aliphatic heterocycles. The second kappa shape index (κ2) is 10.2. The zero-order valence-corrected chi connectivity index (χ0v) is 22.4. The smallest absolute Gasteiger partial charge is 0.318 e. The number of hydrogen-bond acceptors (Lipinski definition) is 8. The molecule has 2 saturated heterocycles. The van der Waals surface area contributed by atoms with Crippen LogP contribution in [-0.4, -0.2) is 66.0 Å². The molecule has 1 aromatic heterocycles. The molecule has 9 nitrogen and oxygen atoms in total. The third-order valence-corrected chi connectivity index (χ3v) is 7.99. The van der Waals surface area contributed by atoms with Crippen molar-refractivity contribution < 1.29 is 23.8 Å². The molecule has 2 N–H and O–H groups in total. The topological polar surface area (TPSA) is 100 Å². The first-order valence-electron chi connectivity index (χ1n) is 13.7. The van der Waals surface area contributed by atoms with Crippen LogP contribution in [0.4, 0.5) is 15.9 Å². The van der Waals surface area contributed by atoms with Gasteiger partial charge in [-0.15, -0.1) is 0 Å². The number of aromatic nitrogens is 2. The van der Waals surface area contributed by atoms with Crippen molar-refractivity contribution in [3.05, 3.63) is 46.9 Å². The minimum Gasteiger partial charge on any atom is -0.508 e. The number of nitrogens with zero attached hydrogens (tertiary/aromatic N) is 4. The van der Waals surface area contributed by atoms with Gasteiger partial charge >= 0.3 is 6.01 Å². The van der Waals surface area contributed by atoms with Crippen LogP contribution in [0, 0.1) is 5.82 Å². The van der Waals surface area contributed by atoms with E-state index in [9.17, 15) is 14.3 Å². The lowest BCUT2D eigenvalue weighted by atomic mass is 9.99. The van der Waals surface area contributed by atoms with Gasteiger partial charge in [0.2, 0.25) is 0 Å². The van der Waals surface area contributed by atoms with Crippen LogP contribution >= 0.6 is 0 Å². The first-order chi connectivity index (χ1) is 18.9. The van der Waals surface area contributed by atoms with Gasteiger partial charge in [-0.25, -0.2) is 4.39 Å². The maximum atomic E-state index is 14.9. The first-order valence-corrected chi connectivity index (χ1v) is 13.7. The van der Waals surface area contributed by atoms with Crippen LogP contribution in [-0.2, 0) is 17.7 Å². The molecule has 0 bridgehead atoms. The fraction of sp³-hybridized carbons (Fsp3) is 0.483. The molecule has 206 valence electrons. The Kier molecular flexibility index (Phi) is 6.76. The zero-order chi connectivity index (χ0) is 27.1. The molecule has 6 rings (SSSR count). The van der Waals surface area contributed by atoms with Crippen LogP contribution in [0.3, 0.4) is 0 Å². The summed E-state index contributed by atoms with van der Waals surface area (Å²) in [4.78, 5) is 27.2. The van der Waals surface area contributed by atoms with E-state index < -0.39 is 0 Å². The number of benzene rings is 2. The second-order valence-electron chi connectivity index (χ2n) is 10.8. The lowest BCUT2D eigenvalue weighted by Crippen LogP contribution is -2.42. The summed E-state index contributed by atoms with van der Waals surface area (Å²) >= 11 is 0. The number of aryl methyl sites for hydroxylation is 1. The van der Waals surface area contributed by atoms with Crippen molar-refractivity contribution in [2.75, 3.05) is 49.3 Å². The second-order valence-corrected chi connectivity index (χ2v) is 10.8. The van der Waals surface area contributed by atoms with E-state index in [1.165, 1.54) is 12.1 Å². The molecule has 10 heteroatoms. The number of carbonyl (C=O) groups is 1. The lowest BCUT2D eigenvalue weighted by Gasteiger charge is -2.25. The molecule has 2 aromatic carbocycles. The Labute approximate surface area is 226 Å². The Morgan fingerprint density at radius 2 is 2.08 bits per heavy atom. The number of halogens is 1. The number of hydrogen-bond donors (Lipinski definition) is 2. The molecule has 0 aliphatic carbocycles. The molecule has 4 heterocycles. The van der Waals surface area contributed by atoms with Crippen molar-refractivity contribution >= 4 is 28.2 Å². The Bertz CT molecular complexity index is 1420. The van der Waals surface area contributed by atoms with E-state index in [1.807, 2.05) is 6.92 Å². The number of nitrogens with one attached hydrogen (secondary N) is 1. The molecule has 3 aromatic rings. The highest BCUT2D eigenvalue weighted by Crippen LogP contribution is 2.41. The van der Waals surface area contributed by atoms with Crippen molar-refractivity contribution in [3.8, 4) is 11.8 Å². The monoisotopic (exact) mass is 535 g/mol. The molecule has 39 heavy (non-hydrogen) atoms. The number of phenols is 1. The summed E-state index contributed by atoms with van der Waals surface area (Å²) in [5.41, 5.74) is 1.78. The SMILES string of the molecule is CCc1c(F)ccc2cc(O)cc(N3Cc4nc(OC[C@]5(C)CCCN5)nc(N5CCCOCC5)c4C3=O)c12. The van der Waals surface area contributed by atoms with E-state index in [4.69, 9.17) is 19.4 Å². The van der Waals surface area contributed by atoms with Gasteiger partial charge in [0, 0.05) is 36.7 Å². The number of fused-ring (bicyclic) bond motifs is 2. The Hall–Kier alpha value is -3.50. The predicted octanol–water partition coefficient (Wildman–Crippen LogP) is 3.94. The summed E-state index contributed by atoms with van der Waals surface area (Å²) in [5, 5.41) is 15.3. The summed E-state index contributed by atoms with van der Waals surface area (Å²) < 4.78 is 26.7. The molecular weight excluding hydrogens is 501 g/mol. The maximum absolute atomic E-state index is 14.9. The van der Waals surface area contributed by atoms with Gasteiger partial charge in [0.1, 0.15) is 29.6 Å². The predicted molar refractivity (Wildman–Crippen MR) is 146 cm³/mol. The summed E-state index contributed by atoms with van der Waals surface area (Å²) in [6.45, 7) is 8.01. The quantitative estimate of drug-likeness (QED) is 0.490. The summed E-state index contributed by atoms with van der Waals surface area (Å²) in [6.07, 6.45) is 3.35. The van der Waals surface area contributed by atoms with E-state index in [-0.39, 0.29) is 35.6 Å². The number of carbonyl (C=O) groups excluding carboxylic acids is 1. The van der Waals surface area contributed by atoms with Gasteiger partial charge in [-0.2, -0.15) is 9.97 Å². The Balaban J connectivity index is 1.43. The van der Waals surface area contributed by atoms with Gasteiger partial charge in [-0.1, -0.05) is 13.0 Å². The Morgan fingerprint density at radius 3 is 2.87 bits per heavy atom. The molecule has 3 aliphatic rings. The standard InChI is InChI=1S/C29H34FN5O4/c1-3-20-21(30)7-6-18-14-19(36)15-23(24(18)20)35-16-22-25(27(35)37)26(34-10-5-12-38-13-11-34)33-28(32-22)39-17-29(2)8-4-9-31-29/h6-7,14-15,31,36H,3-5,8-13,16-17H2,1-2H3/t29-/m0/s1. The van der Waals surface area contributed by atoms with E-state index >= 15 is 0 Å². The number of anilines is 2. The average Bonchev–Trinajstić information content (AvgIpc) is 3.38. The van der Waals surface area contributed by atoms with Gasteiger partial charge in [-0.3, -0.25) is 4.79 Å².